The first-order valence-corrected chi connectivity index (χ1v) is 7.36. The molecule has 0 atom stereocenters. The van der Waals surface area contributed by atoms with Crippen molar-refractivity contribution < 1.29 is 4.74 Å². The summed E-state index contributed by atoms with van der Waals surface area (Å²) in [6.45, 7) is 4.73. The summed E-state index contributed by atoms with van der Waals surface area (Å²) in [6, 6.07) is 0. The fraction of sp³-hybridized carbons (Fsp3) is 0.857. The van der Waals surface area contributed by atoms with Crippen LogP contribution in [-0.2, 0) is 4.74 Å². The van der Waals surface area contributed by atoms with Crippen LogP contribution in [0.3, 0.4) is 0 Å². The third-order valence-electron chi connectivity index (χ3n) is 2.84. The maximum absolute atomic E-state index is 8.27. The Morgan fingerprint density at radius 1 is 1.05 bits per heavy atom. The molecule has 5 nitrogen and oxygen atoms in total. The van der Waals surface area contributed by atoms with Crippen molar-refractivity contribution >= 4 is 5.96 Å². The molecule has 0 heterocycles. The number of hydrogen-bond acceptors (Lipinski definition) is 3. The fourth-order valence-corrected chi connectivity index (χ4v) is 1.73. The average Bonchev–Trinajstić information content (AvgIpc) is 2.40. The van der Waals surface area contributed by atoms with Gasteiger partial charge in [-0.05, 0) is 19.3 Å². The van der Waals surface area contributed by atoms with E-state index in [1.807, 2.05) is 0 Å². The Labute approximate surface area is 117 Å². The molecule has 19 heavy (non-hydrogen) atoms. The van der Waals surface area contributed by atoms with Gasteiger partial charge in [-0.15, -0.1) is 0 Å². The molecule has 0 fully saturated rings. The van der Waals surface area contributed by atoms with Crippen LogP contribution < -0.4 is 10.6 Å². The Morgan fingerprint density at radius 3 is 2.32 bits per heavy atom. The van der Waals surface area contributed by atoms with Crippen LogP contribution in [0.4, 0.5) is 0 Å². The molecule has 0 aromatic heterocycles. The number of rotatable bonds is 12. The van der Waals surface area contributed by atoms with E-state index in [2.05, 4.69) is 17.6 Å². The number of nitrogens with one attached hydrogen (secondary N) is 3. The van der Waals surface area contributed by atoms with Gasteiger partial charge in [0.2, 0.25) is 5.96 Å². The Morgan fingerprint density at radius 2 is 1.68 bits per heavy atom. The van der Waals surface area contributed by atoms with Gasteiger partial charge in [0.1, 0.15) is 0 Å². The maximum atomic E-state index is 8.27. The second kappa shape index (κ2) is 14.8. The van der Waals surface area contributed by atoms with Crippen LogP contribution in [0.2, 0.25) is 0 Å². The van der Waals surface area contributed by atoms with E-state index >= 15 is 0 Å². The molecular weight excluding hydrogens is 240 g/mol. The van der Waals surface area contributed by atoms with E-state index in [4.69, 9.17) is 15.4 Å². The normalized spacial score (nSPS) is 9.89. The molecule has 0 aliphatic heterocycles. The van der Waals surface area contributed by atoms with E-state index in [9.17, 15) is 0 Å². The Balaban J connectivity index is 3.03. The first kappa shape index (κ1) is 17.7. The lowest BCUT2D eigenvalue weighted by Crippen LogP contribution is -2.33. The summed E-state index contributed by atoms with van der Waals surface area (Å²) in [4.78, 5) is 0. The van der Waals surface area contributed by atoms with E-state index < -0.39 is 0 Å². The molecule has 0 saturated carbocycles. The molecule has 0 aliphatic rings. The lowest BCUT2D eigenvalue weighted by atomic mass is 10.2. The summed E-state index contributed by atoms with van der Waals surface area (Å²) in [5.74, 6) is 0.0814. The van der Waals surface area contributed by atoms with Gasteiger partial charge in [0, 0.05) is 19.8 Å². The molecule has 0 spiro atoms. The number of nitriles is 1. The topological polar surface area (TPSA) is 80.9 Å². The molecule has 0 radical (unpaired) electrons. The van der Waals surface area contributed by atoms with Crippen molar-refractivity contribution in [3.63, 3.8) is 0 Å². The maximum Gasteiger partial charge on any atom is 0.201 e. The molecule has 0 aromatic rings. The second-order valence-electron chi connectivity index (χ2n) is 4.63. The van der Waals surface area contributed by atoms with Gasteiger partial charge in [0.05, 0.1) is 0 Å². The summed E-state index contributed by atoms with van der Waals surface area (Å²) in [5.41, 5.74) is 0. The van der Waals surface area contributed by atoms with E-state index in [-0.39, 0.29) is 5.96 Å². The third-order valence-corrected chi connectivity index (χ3v) is 2.84. The molecule has 0 unspecified atom stereocenters. The van der Waals surface area contributed by atoms with E-state index in [0.717, 1.165) is 45.4 Å². The largest absolute Gasteiger partial charge is 0.381 e. The fourth-order valence-electron chi connectivity index (χ4n) is 1.73. The van der Waals surface area contributed by atoms with Crippen molar-refractivity contribution in [3.05, 3.63) is 0 Å². The van der Waals surface area contributed by atoms with Crippen LogP contribution >= 0.6 is 0 Å². The molecule has 5 heteroatoms. The highest BCUT2D eigenvalue weighted by atomic mass is 16.5. The summed E-state index contributed by atoms with van der Waals surface area (Å²) in [6.07, 6.45) is 11.2. The monoisotopic (exact) mass is 268 g/mol. The molecule has 3 N–H and O–H groups in total. The highest BCUT2D eigenvalue weighted by Crippen LogP contribution is 2.02. The first-order chi connectivity index (χ1) is 9.31. The van der Waals surface area contributed by atoms with Crippen LogP contribution in [0.25, 0.3) is 0 Å². The van der Waals surface area contributed by atoms with Crippen molar-refractivity contribution in [1.82, 2.24) is 10.6 Å². The van der Waals surface area contributed by atoms with E-state index in [0.29, 0.717) is 0 Å². The minimum atomic E-state index is 0.0814. The van der Waals surface area contributed by atoms with Gasteiger partial charge in [-0.3, -0.25) is 10.7 Å². The zero-order chi connectivity index (χ0) is 14.2. The van der Waals surface area contributed by atoms with Crippen molar-refractivity contribution in [2.24, 2.45) is 0 Å². The summed E-state index contributed by atoms with van der Waals surface area (Å²) < 4.78 is 5.56. The highest BCUT2D eigenvalue weighted by Gasteiger charge is 1.94. The number of hydrogen-bond donors (Lipinski definition) is 3. The van der Waals surface area contributed by atoms with Gasteiger partial charge in [0.15, 0.2) is 6.19 Å². The summed E-state index contributed by atoms with van der Waals surface area (Å²) in [7, 11) is 0. The SMILES string of the molecule is CCCCCCOCCCCCCNC(=N)NC#N. The average molecular weight is 268 g/mol. The molecule has 0 bridgehead atoms. The van der Waals surface area contributed by atoms with Crippen molar-refractivity contribution in [3.8, 4) is 6.19 Å². The second-order valence-corrected chi connectivity index (χ2v) is 4.63. The van der Waals surface area contributed by atoms with Crippen molar-refractivity contribution in [2.45, 2.75) is 58.3 Å². The number of ether oxygens (including phenoxy) is 1. The molecule has 0 aliphatic carbocycles. The molecule has 110 valence electrons. The summed E-state index contributed by atoms with van der Waals surface area (Å²) >= 11 is 0. The van der Waals surface area contributed by atoms with Gasteiger partial charge in [-0.25, -0.2) is 0 Å². The van der Waals surface area contributed by atoms with Crippen LogP contribution in [0.1, 0.15) is 58.3 Å². The standard InChI is InChI=1S/C14H28N4O/c1-2-3-4-8-11-19-12-9-6-5-7-10-17-14(16)18-13-15/h2-12H2,1H3,(H3,16,17,18). The van der Waals surface area contributed by atoms with Crippen LogP contribution in [0, 0.1) is 16.9 Å². The minimum Gasteiger partial charge on any atom is -0.381 e. The smallest absolute Gasteiger partial charge is 0.201 e. The Hall–Kier alpha value is -1.28. The van der Waals surface area contributed by atoms with Crippen molar-refractivity contribution in [1.29, 1.82) is 10.7 Å². The quantitative estimate of drug-likeness (QED) is 0.167. The van der Waals surface area contributed by atoms with Crippen LogP contribution in [0.5, 0.6) is 0 Å². The highest BCUT2D eigenvalue weighted by molar-refractivity contribution is 5.77. The van der Waals surface area contributed by atoms with Crippen LogP contribution in [-0.4, -0.2) is 25.7 Å². The molecule has 0 aromatic carbocycles. The molecule has 0 rings (SSSR count). The van der Waals surface area contributed by atoms with E-state index in [1.165, 1.54) is 25.7 Å². The summed E-state index contributed by atoms with van der Waals surface area (Å²) in [5, 5.41) is 20.6. The van der Waals surface area contributed by atoms with Gasteiger partial charge in [-0.2, -0.15) is 5.26 Å². The van der Waals surface area contributed by atoms with Crippen molar-refractivity contribution in [2.75, 3.05) is 19.8 Å². The van der Waals surface area contributed by atoms with E-state index in [1.54, 1.807) is 6.19 Å². The zero-order valence-corrected chi connectivity index (χ0v) is 12.1. The third kappa shape index (κ3) is 14.7. The Bertz CT molecular complexity index is 250. The molecule has 0 saturated heterocycles. The van der Waals surface area contributed by atoms with Gasteiger partial charge in [-0.1, -0.05) is 39.0 Å². The first-order valence-electron chi connectivity index (χ1n) is 7.36. The number of nitrogens with zero attached hydrogens (tertiary/aromatic N) is 1. The lowest BCUT2D eigenvalue weighted by molar-refractivity contribution is 0.126. The minimum absolute atomic E-state index is 0.0814. The van der Waals surface area contributed by atoms with Gasteiger partial charge in [0.25, 0.3) is 0 Å². The zero-order valence-electron chi connectivity index (χ0n) is 12.1. The Kier molecular flexibility index (Phi) is 13.8. The number of guanidine groups is 1. The predicted octanol–water partition coefficient (Wildman–Crippen LogP) is 2.74. The molecular formula is C14H28N4O. The molecule has 0 amide bonds. The van der Waals surface area contributed by atoms with Gasteiger partial charge < -0.3 is 10.1 Å². The van der Waals surface area contributed by atoms with Gasteiger partial charge >= 0.3 is 0 Å². The number of unbranched alkanes of at least 4 members (excludes halogenated alkanes) is 6. The lowest BCUT2D eigenvalue weighted by Gasteiger charge is -2.06. The van der Waals surface area contributed by atoms with Crippen LogP contribution in [0.15, 0.2) is 0 Å². The predicted molar refractivity (Wildman–Crippen MR) is 77.9 cm³/mol.